The quantitative estimate of drug-likeness (QED) is 0.457. The summed E-state index contributed by atoms with van der Waals surface area (Å²) in [5.74, 6) is 0.855. The number of likely N-dealkylation sites (N-methyl/N-ethyl adjacent to an activating group) is 3. The third-order valence-corrected chi connectivity index (χ3v) is 6.44. The van der Waals surface area contributed by atoms with E-state index >= 15 is 0 Å². The van der Waals surface area contributed by atoms with Crippen LogP contribution in [0.5, 0.6) is 0 Å². The SMILES string of the molecule is CNC1CC2CCCCC2N([SiH3])C1(NC)NC. The van der Waals surface area contributed by atoms with E-state index in [9.17, 15) is 0 Å². The van der Waals surface area contributed by atoms with Gasteiger partial charge in [-0.25, -0.2) is 0 Å². The molecule has 1 heterocycles. The summed E-state index contributed by atoms with van der Waals surface area (Å²) in [6, 6.07) is 1.29. The molecule has 4 nitrogen and oxygen atoms in total. The summed E-state index contributed by atoms with van der Waals surface area (Å²) < 4.78 is 2.67. The maximum atomic E-state index is 3.54. The van der Waals surface area contributed by atoms with Crippen LogP contribution in [-0.2, 0) is 0 Å². The first kappa shape index (κ1) is 13.5. The monoisotopic (exact) mass is 256 g/mol. The van der Waals surface area contributed by atoms with Crippen molar-refractivity contribution in [1.29, 1.82) is 0 Å². The molecular weight excluding hydrogens is 228 g/mol. The fraction of sp³-hybridized carbons (Fsp3) is 1.00. The number of piperidine rings is 1. The van der Waals surface area contributed by atoms with Gasteiger partial charge >= 0.3 is 0 Å². The van der Waals surface area contributed by atoms with Gasteiger partial charge in [-0.05, 0) is 46.3 Å². The van der Waals surface area contributed by atoms with Crippen LogP contribution in [0.15, 0.2) is 0 Å². The van der Waals surface area contributed by atoms with Gasteiger partial charge in [-0.3, -0.25) is 15.2 Å². The fourth-order valence-corrected chi connectivity index (χ4v) is 5.55. The largest absolute Gasteiger partial charge is 0.313 e. The van der Waals surface area contributed by atoms with Crippen LogP contribution in [0.25, 0.3) is 0 Å². The first-order valence-corrected chi connectivity index (χ1v) is 7.87. The number of fused-ring (bicyclic) bond motifs is 1. The highest BCUT2D eigenvalue weighted by Gasteiger charge is 2.49. The molecule has 2 fully saturated rings. The Kier molecular flexibility index (Phi) is 4.25. The molecule has 1 saturated heterocycles. The highest BCUT2D eigenvalue weighted by atomic mass is 28.2. The minimum absolute atomic E-state index is 0.0422. The fourth-order valence-electron chi connectivity index (χ4n) is 4.11. The molecular formula is C12H28N4Si. The van der Waals surface area contributed by atoms with E-state index in [-0.39, 0.29) is 5.79 Å². The van der Waals surface area contributed by atoms with Crippen molar-refractivity contribution in [2.24, 2.45) is 5.92 Å². The molecule has 0 spiro atoms. The molecule has 1 aliphatic heterocycles. The summed E-state index contributed by atoms with van der Waals surface area (Å²) in [7, 11) is 7.35. The molecule has 2 rings (SSSR count). The third kappa shape index (κ3) is 2.08. The zero-order valence-electron chi connectivity index (χ0n) is 11.7. The Labute approximate surface area is 108 Å². The molecule has 0 aromatic rings. The Morgan fingerprint density at radius 2 is 1.76 bits per heavy atom. The molecule has 0 aromatic carbocycles. The lowest BCUT2D eigenvalue weighted by Crippen LogP contribution is -2.79. The molecule has 2 aliphatic rings. The van der Waals surface area contributed by atoms with Crippen molar-refractivity contribution in [3.05, 3.63) is 0 Å². The van der Waals surface area contributed by atoms with Gasteiger partial charge in [0.1, 0.15) is 5.79 Å². The number of hydrogen-bond acceptors (Lipinski definition) is 4. The van der Waals surface area contributed by atoms with E-state index in [0.29, 0.717) is 6.04 Å². The van der Waals surface area contributed by atoms with Gasteiger partial charge in [-0.2, -0.15) is 0 Å². The summed E-state index contributed by atoms with van der Waals surface area (Å²) >= 11 is 0. The van der Waals surface area contributed by atoms with Gasteiger partial charge in [0, 0.05) is 6.04 Å². The van der Waals surface area contributed by atoms with Crippen LogP contribution in [0.4, 0.5) is 0 Å². The third-order valence-electron chi connectivity index (χ3n) is 5.08. The molecule has 100 valence electrons. The van der Waals surface area contributed by atoms with Gasteiger partial charge in [0.25, 0.3) is 0 Å². The van der Waals surface area contributed by atoms with E-state index in [1.165, 1.54) is 32.1 Å². The molecule has 0 amide bonds. The Morgan fingerprint density at radius 1 is 1.12 bits per heavy atom. The van der Waals surface area contributed by atoms with E-state index in [2.05, 4.69) is 41.7 Å². The second-order valence-corrected chi connectivity index (χ2v) is 6.53. The molecule has 3 unspecified atom stereocenters. The van der Waals surface area contributed by atoms with Crippen LogP contribution in [0.2, 0.25) is 0 Å². The second-order valence-electron chi connectivity index (χ2n) is 5.57. The van der Waals surface area contributed by atoms with Crippen LogP contribution in [0, 0.1) is 5.92 Å². The standard InChI is InChI=1S/C12H28N4Si/c1-13-11-8-9-6-4-5-7-10(9)16(17)12(11,14-2)15-3/h9-11,13-15H,4-8H2,1-3,17H3. The maximum Gasteiger partial charge on any atom is 0.134 e. The highest BCUT2D eigenvalue weighted by Crippen LogP contribution is 2.39. The minimum atomic E-state index is -0.0422. The van der Waals surface area contributed by atoms with Crippen molar-refractivity contribution in [2.75, 3.05) is 21.1 Å². The van der Waals surface area contributed by atoms with Gasteiger partial charge in [0.2, 0.25) is 0 Å². The average Bonchev–Trinajstić information content (AvgIpc) is 2.39. The Bertz CT molecular complexity index is 257. The Balaban J connectivity index is 2.25. The van der Waals surface area contributed by atoms with Crippen LogP contribution in [0.1, 0.15) is 32.1 Å². The van der Waals surface area contributed by atoms with E-state index in [1.807, 2.05) is 0 Å². The van der Waals surface area contributed by atoms with Gasteiger partial charge in [0.05, 0.1) is 16.4 Å². The smallest absolute Gasteiger partial charge is 0.134 e. The molecule has 0 bridgehead atoms. The lowest BCUT2D eigenvalue weighted by molar-refractivity contribution is -0.0418. The summed E-state index contributed by atoms with van der Waals surface area (Å²) in [6.07, 6.45) is 6.94. The Morgan fingerprint density at radius 3 is 2.35 bits per heavy atom. The lowest BCUT2D eigenvalue weighted by atomic mass is 9.75. The zero-order valence-corrected chi connectivity index (χ0v) is 13.7. The normalized spacial score (nSPS) is 37.9. The van der Waals surface area contributed by atoms with Crippen molar-refractivity contribution in [2.45, 2.75) is 50.0 Å². The molecule has 3 atom stereocenters. The number of nitrogens with one attached hydrogen (secondary N) is 3. The van der Waals surface area contributed by atoms with Crippen molar-refractivity contribution in [3.8, 4) is 0 Å². The van der Waals surface area contributed by atoms with Crippen molar-refractivity contribution in [3.63, 3.8) is 0 Å². The van der Waals surface area contributed by atoms with Crippen molar-refractivity contribution >= 4 is 10.4 Å². The summed E-state index contributed by atoms with van der Waals surface area (Å²) in [5.41, 5.74) is 0. The van der Waals surface area contributed by atoms with E-state index in [1.54, 1.807) is 0 Å². The number of rotatable bonds is 3. The number of hydrogen-bond donors (Lipinski definition) is 3. The molecule has 17 heavy (non-hydrogen) atoms. The zero-order chi connectivity index (χ0) is 12.5. The van der Waals surface area contributed by atoms with Gasteiger partial charge < -0.3 is 5.32 Å². The Hall–Kier alpha value is 0.0569. The maximum absolute atomic E-state index is 3.54. The van der Waals surface area contributed by atoms with Gasteiger partial charge in [0.15, 0.2) is 0 Å². The van der Waals surface area contributed by atoms with Crippen LogP contribution < -0.4 is 16.0 Å². The van der Waals surface area contributed by atoms with Crippen LogP contribution >= 0.6 is 0 Å². The highest BCUT2D eigenvalue weighted by molar-refractivity contribution is 6.05. The molecule has 5 heteroatoms. The molecule has 0 aromatic heterocycles. The second kappa shape index (κ2) is 5.36. The van der Waals surface area contributed by atoms with Gasteiger partial charge in [-0.1, -0.05) is 12.8 Å². The van der Waals surface area contributed by atoms with Crippen molar-refractivity contribution in [1.82, 2.24) is 20.5 Å². The summed E-state index contributed by atoms with van der Waals surface area (Å²) in [5, 5.41) is 10.6. The van der Waals surface area contributed by atoms with E-state index < -0.39 is 0 Å². The van der Waals surface area contributed by atoms with E-state index in [0.717, 1.165) is 22.4 Å². The predicted molar refractivity (Wildman–Crippen MR) is 75.8 cm³/mol. The number of nitrogens with zero attached hydrogens (tertiary/aromatic N) is 1. The summed E-state index contributed by atoms with van der Waals surface area (Å²) in [6.45, 7) is 0. The van der Waals surface area contributed by atoms with Crippen LogP contribution in [-0.4, -0.2) is 54.0 Å². The minimum Gasteiger partial charge on any atom is -0.313 e. The molecule has 1 saturated carbocycles. The molecule has 0 radical (unpaired) electrons. The summed E-state index contributed by atoms with van der Waals surface area (Å²) in [4.78, 5) is 0. The van der Waals surface area contributed by atoms with Crippen LogP contribution in [0.3, 0.4) is 0 Å². The average molecular weight is 256 g/mol. The first-order chi connectivity index (χ1) is 8.19. The first-order valence-electron chi connectivity index (χ1n) is 6.97. The molecule has 1 aliphatic carbocycles. The van der Waals surface area contributed by atoms with Crippen molar-refractivity contribution < 1.29 is 0 Å². The van der Waals surface area contributed by atoms with Gasteiger partial charge in [-0.15, -0.1) is 0 Å². The predicted octanol–water partition coefficient (Wildman–Crippen LogP) is -0.788. The van der Waals surface area contributed by atoms with E-state index in [4.69, 9.17) is 0 Å². The topological polar surface area (TPSA) is 39.3 Å². The molecule has 3 N–H and O–H groups in total. The lowest BCUT2D eigenvalue weighted by Gasteiger charge is -2.58.